The molecule has 3 rings (SSSR count). The summed E-state index contributed by atoms with van der Waals surface area (Å²) >= 11 is 0. The van der Waals surface area contributed by atoms with Gasteiger partial charge in [0.1, 0.15) is 11.8 Å². The van der Waals surface area contributed by atoms with Crippen molar-refractivity contribution in [2.24, 2.45) is 0 Å². The first-order valence-corrected chi connectivity index (χ1v) is 10.8. The largest absolute Gasteiger partial charge is 0.481 e. The van der Waals surface area contributed by atoms with Crippen molar-refractivity contribution in [1.82, 2.24) is 10.6 Å². The van der Waals surface area contributed by atoms with Gasteiger partial charge in [-0.05, 0) is 61.4 Å². The fourth-order valence-corrected chi connectivity index (χ4v) is 3.50. The second-order valence-electron chi connectivity index (χ2n) is 8.47. The van der Waals surface area contributed by atoms with E-state index in [4.69, 9.17) is 4.74 Å². The maximum absolute atomic E-state index is 12.8. The lowest BCUT2D eigenvalue weighted by Gasteiger charge is -2.22. The molecule has 2 atom stereocenters. The van der Waals surface area contributed by atoms with Crippen LogP contribution >= 0.6 is 0 Å². The van der Waals surface area contributed by atoms with E-state index in [0.717, 1.165) is 24.0 Å². The molecule has 1 aliphatic rings. The lowest BCUT2D eigenvalue weighted by atomic mass is 9.98. The van der Waals surface area contributed by atoms with Gasteiger partial charge in [0, 0.05) is 12.5 Å². The van der Waals surface area contributed by atoms with Crippen molar-refractivity contribution in [3.63, 3.8) is 0 Å². The summed E-state index contributed by atoms with van der Waals surface area (Å²) in [6, 6.07) is 15.2. The van der Waals surface area contributed by atoms with Crippen LogP contribution in [0.2, 0.25) is 0 Å². The molecule has 5 heteroatoms. The van der Waals surface area contributed by atoms with Crippen molar-refractivity contribution >= 4 is 11.8 Å². The first-order valence-electron chi connectivity index (χ1n) is 10.8. The number of hydrogen-bond acceptors (Lipinski definition) is 3. The Balaban J connectivity index is 1.64. The Labute approximate surface area is 179 Å². The molecule has 1 aliphatic carbocycles. The summed E-state index contributed by atoms with van der Waals surface area (Å²) in [5.41, 5.74) is 3.40. The maximum atomic E-state index is 12.8. The lowest BCUT2D eigenvalue weighted by molar-refractivity contribution is -0.132. The quantitative estimate of drug-likeness (QED) is 0.661. The monoisotopic (exact) mass is 408 g/mol. The van der Waals surface area contributed by atoms with Gasteiger partial charge in [0.25, 0.3) is 5.91 Å². The zero-order valence-corrected chi connectivity index (χ0v) is 18.3. The molecule has 0 aromatic heterocycles. The summed E-state index contributed by atoms with van der Waals surface area (Å²) < 4.78 is 5.87. The summed E-state index contributed by atoms with van der Waals surface area (Å²) in [5, 5.41) is 5.88. The topological polar surface area (TPSA) is 67.4 Å². The van der Waals surface area contributed by atoms with Crippen LogP contribution in [0.1, 0.15) is 56.2 Å². The van der Waals surface area contributed by atoms with E-state index in [0.29, 0.717) is 18.1 Å². The predicted molar refractivity (Wildman–Crippen MR) is 119 cm³/mol. The Morgan fingerprint density at radius 1 is 1.03 bits per heavy atom. The maximum Gasteiger partial charge on any atom is 0.261 e. The summed E-state index contributed by atoms with van der Waals surface area (Å²) in [6.07, 6.45) is 1.74. The summed E-state index contributed by atoms with van der Waals surface area (Å²) in [6.45, 7) is 8.06. The van der Waals surface area contributed by atoms with Gasteiger partial charge in [0.15, 0.2) is 6.10 Å². The predicted octanol–water partition coefficient (Wildman–Crippen LogP) is 3.89. The average molecular weight is 409 g/mol. The highest BCUT2D eigenvalue weighted by molar-refractivity contribution is 5.89. The van der Waals surface area contributed by atoms with E-state index in [1.54, 1.807) is 6.92 Å². The van der Waals surface area contributed by atoms with Crippen molar-refractivity contribution < 1.29 is 14.3 Å². The van der Waals surface area contributed by atoms with Crippen LogP contribution in [0, 0.1) is 6.92 Å². The van der Waals surface area contributed by atoms with Crippen LogP contribution in [0.5, 0.6) is 5.75 Å². The molecule has 1 saturated carbocycles. The molecule has 0 aliphatic heterocycles. The number of carbonyl (C=O) groups is 2. The van der Waals surface area contributed by atoms with Crippen LogP contribution in [0.3, 0.4) is 0 Å². The SMILES string of the molecule is Cc1cc(OC(C)C(=O)NC(Cc2ccccc2)C(=O)NC2CC2)ccc1C(C)C. The Bertz CT molecular complexity index is 875. The second-order valence-corrected chi connectivity index (χ2v) is 8.47. The van der Waals surface area contributed by atoms with Gasteiger partial charge in [-0.2, -0.15) is 0 Å². The molecule has 0 saturated heterocycles. The molecule has 2 aromatic rings. The molecule has 5 nitrogen and oxygen atoms in total. The van der Waals surface area contributed by atoms with E-state index >= 15 is 0 Å². The number of hydrogen-bond donors (Lipinski definition) is 2. The van der Waals surface area contributed by atoms with Crippen LogP contribution in [0.4, 0.5) is 0 Å². The Morgan fingerprint density at radius 3 is 2.33 bits per heavy atom. The van der Waals surface area contributed by atoms with Gasteiger partial charge in [-0.25, -0.2) is 0 Å². The number of rotatable bonds is 9. The highest BCUT2D eigenvalue weighted by Gasteiger charge is 2.29. The molecule has 0 spiro atoms. The minimum Gasteiger partial charge on any atom is -0.481 e. The van der Waals surface area contributed by atoms with E-state index in [2.05, 4.69) is 24.5 Å². The normalized spacial score (nSPS) is 15.4. The van der Waals surface area contributed by atoms with E-state index in [1.165, 1.54) is 5.56 Å². The highest BCUT2D eigenvalue weighted by Crippen LogP contribution is 2.24. The van der Waals surface area contributed by atoms with E-state index in [-0.39, 0.29) is 17.9 Å². The fourth-order valence-electron chi connectivity index (χ4n) is 3.50. The molecule has 2 amide bonds. The molecule has 0 heterocycles. The summed E-state index contributed by atoms with van der Waals surface area (Å²) in [5.74, 6) is 0.650. The molecular formula is C25H32N2O3. The van der Waals surface area contributed by atoms with Crippen LogP contribution in [0.25, 0.3) is 0 Å². The number of amides is 2. The van der Waals surface area contributed by atoms with Gasteiger partial charge < -0.3 is 15.4 Å². The fraction of sp³-hybridized carbons (Fsp3) is 0.440. The smallest absolute Gasteiger partial charge is 0.261 e. The molecular weight excluding hydrogens is 376 g/mol. The molecule has 1 fully saturated rings. The number of ether oxygens (including phenoxy) is 1. The van der Waals surface area contributed by atoms with Gasteiger partial charge in [-0.3, -0.25) is 9.59 Å². The standard InChI is InChI=1S/C25H32N2O3/c1-16(2)22-13-12-21(14-17(22)3)30-18(4)24(28)27-23(25(29)26-20-10-11-20)15-19-8-6-5-7-9-19/h5-9,12-14,16,18,20,23H,10-11,15H2,1-4H3,(H,26,29)(H,27,28). The summed E-state index contributed by atoms with van der Waals surface area (Å²) in [7, 11) is 0. The van der Waals surface area contributed by atoms with Crippen LogP contribution < -0.4 is 15.4 Å². The number of aryl methyl sites for hydroxylation is 1. The van der Waals surface area contributed by atoms with E-state index in [9.17, 15) is 9.59 Å². The molecule has 30 heavy (non-hydrogen) atoms. The van der Waals surface area contributed by atoms with Gasteiger partial charge in [0.2, 0.25) is 5.91 Å². The number of carbonyl (C=O) groups excluding carboxylic acids is 2. The van der Waals surface area contributed by atoms with Crippen molar-refractivity contribution in [2.75, 3.05) is 0 Å². The molecule has 0 radical (unpaired) electrons. The van der Waals surface area contributed by atoms with E-state index in [1.807, 2.05) is 55.5 Å². The third-order valence-corrected chi connectivity index (χ3v) is 5.38. The highest BCUT2D eigenvalue weighted by atomic mass is 16.5. The Hall–Kier alpha value is -2.82. The number of benzene rings is 2. The van der Waals surface area contributed by atoms with Crippen LogP contribution in [-0.4, -0.2) is 30.0 Å². The van der Waals surface area contributed by atoms with Crippen molar-refractivity contribution in [3.05, 3.63) is 65.2 Å². The van der Waals surface area contributed by atoms with Crippen molar-refractivity contribution in [3.8, 4) is 5.75 Å². The van der Waals surface area contributed by atoms with Gasteiger partial charge >= 0.3 is 0 Å². The van der Waals surface area contributed by atoms with Gasteiger partial charge in [-0.1, -0.05) is 50.2 Å². The molecule has 2 aromatic carbocycles. The lowest BCUT2D eigenvalue weighted by Crippen LogP contribution is -2.51. The van der Waals surface area contributed by atoms with E-state index < -0.39 is 12.1 Å². The zero-order valence-electron chi connectivity index (χ0n) is 18.3. The van der Waals surface area contributed by atoms with Gasteiger partial charge in [-0.15, -0.1) is 0 Å². The molecule has 160 valence electrons. The van der Waals surface area contributed by atoms with Gasteiger partial charge in [0.05, 0.1) is 0 Å². The average Bonchev–Trinajstić information content (AvgIpc) is 3.52. The third kappa shape index (κ3) is 6.09. The zero-order chi connectivity index (χ0) is 21.7. The first-order chi connectivity index (χ1) is 14.3. The minimum absolute atomic E-state index is 0.140. The van der Waals surface area contributed by atoms with Crippen molar-refractivity contribution in [1.29, 1.82) is 0 Å². The Kier molecular flexibility index (Phi) is 7.14. The minimum atomic E-state index is -0.707. The Morgan fingerprint density at radius 2 is 1.73 bits per heavy atom. The summed E-state index contributed by atoms with van der Waals surface area (Å²) in [4.78, 5) is 25.5. The van der Waals surface area contributed by atoms with Crippen LogP contribution in [0.15, 0.2) is 48.5 Å². The molecule has 0 bridgehead atoms. The molecule has 2 unspecified atom stereocenters. The second kappa shape index (κ2) is 9.79. The third-order valence-electron chi connectivity index (χ3n) is 5.38. The van der Waals surface area contributed by atoms with Crippen LogP contribution in [-0.2, 0) is 16.0 Å². The number of nitrogens with one attached hydrogen (secondary N) is 2. The van der Waals surface area contributed by atoms with Crippen molar-refractivity contribution in [2.45, 2.75) is 71.1 Å². The molecule has 2 N–H and O–H groups in total. The first kappa shape index (κ1) is 21.9.